The van der Waals surface area contributed by atoms with E-state index in [1.165, 1.54) is 13.0 Å². The summed E-state index contributed by atoms with van der Waals surface area (Å²) in [5.74, 6) is 0. The first-order valence-corrected chi connectivity index (χ1v) is 6.15. The summed E-state index contributed by atoms with van der Waals surface area (Å²) in [6, 6.07) is 0.453. The number of rotatable bonds is 6. The van der Waals surface area contributed by atoms with Crippen LogP contribution < -0.4 is 0 Å². The Balaban J connectivity index is 2.18. The zero-order valence-corrected chi connectivity index (χ0v) is 10.2. The van der Waals surface area contributed by atoms with Gasteiger partial charge >= 0.3 is 0 Å². The van der Waals surface area contributed by atoms with Crippen LogP contribution in [0.5, 0.6) is 0 Å². The van der Waals surface area contributed by atoms with Gasteiger partial charge in [0, 0.05) is 19.1 Å². The van der Waals surface area contributed by atoms with Gasteiger partial charge in [-0.1, -0.05) is 13.8 Å². The Morgan fingerprint density at radius 2 is 1.87 bits per heavy atom. The molecule has 1 aliphatic rings. The van der Waals surface area contributed by atoms with Gasteiger partial charge in [-0.15, -0.1) is 0 Å². The fourth-order valence-electron chi connectivity index (χ4n) is 2.00. The van der Waals surface area contributed by atoms with Crippen molar-refractivity contribution in [2.45, 2.75) is 26.3 Å². The summed E-state index contributed by atoms with van der Waals surface area (Å²) in [6.07, 6.45) is 1.17. The van der Waals surface area contributed by atoms with Crippen LogP contribution in [0.15, 0.2) is 0 Å². The lowest BCUT2D eigenvalue weighted by Gasteiger charge is -2.33. The smallest absolute Gasteiger partial charge is 0.0594 e. The molecule has 3 heteroatoms. The Kier molecular flexibility index (Phi) is 6.22. The van der Waals surface area contributed by atoms with Gasteiger partial charge in [-0.05, 0) is 33.0 Å². The Morgan fingerprint density at radius 3 is 2.40 bits per heavy atom. The molecule has 0 N–H and O–H groups in total. The lowest BCUT2D eigenvalue weighted by molar-refractivity contribution is 0.0220. The molecule has 1 aliphatic heterocycles. The molecular formula is C12H25N2O. The van der Waals surface area contributed by atoms with Gasteiger partial charge in [-0.25, -0.2) is 0 Å². The van der Waals surface area contributed by atoms with E-state index in [2.05, 4.69) is 30.6 Å². The largest absolute Gasteiger partial charge is 0.379 e. The fourth-order valence-corrected chi connectivity index (χ4v) is 2.00. The Labute approximate surface area is 94.4 Å². The first-order valence-electron chi connectivity index (χ1n) is 6.15. The average molecular weight is 213 g/mol. The second-order valence-corrected chi connectivity index (χ2v) is 4.12. The van der Waals surface area contributed by atoms with Crippen molar-refractivity contribution in [3.63, 3.8) is 0 Å². The van der Waals surface area contributed by atoms with Crippen molar-refractivity contribution >= 4 is 0 Å². The summed E-state index contributed by atoms with van der Waals surface area (Å²) in [5, 5.41) is 0. The lowest BCUT2D eigenvalue weighted by Crippen LogP contribution is -2.43. The third-order valence-electron chi connectivity index (χ3n) is 3.24. The van der Waals surface area contributed by atoms with Crippen LogP contribution in [-0.2, 0) is 4.74 Å². The van der Waals surface area contributed by atoms with Crippen LogP contribution >= 0.6 is 0 Å². The average Bonchev–Trinajstić information content (AvgIpc) is 2.31. The van der Waals surface area contributed by atoms with E-state index >= 15 is 0 Å². The van der Waals surface area contributed by atoms with E-state index < -0.39 is 0 Å². The monoisotopic (exact) mass is 213 g/mol. The van der Waals surface area contributed by atoms with Gasteiger partial charge in [0.1, 0.15) is 0 Å². The minimum atomic E-state index is 0.453. The Bertz CT molecular complexity index is 154. The molecule has 1 radical (unpaired) electrons. The van der Waals surface area contributed by atoms with Crippen LogP contribution in [0, 0.1) is 6.92 Å². The molecule has 0 bridgehead atoms. The second-order valence-electron chi connectivity index (χ2n) is 4.12. The summed E-state index contributed by atoms with van der Waals surface area (Å²) >= 11 is 0. The molecule has 15 heavy (non-hydrogen) atoms. The number of nitrogens with zero attached hydrogens (tertiary/aromatic N) is 2. The molecule has 0 aliphatic carbocycles. The molecule has 0 aromatic rings. The van der Waals surface area contributed by atoms with Crippen LogP contribution in [0.3, 0.4) is 0 Å². The predicted molar refractivity (Wildman–Crippen MR) is 63.9 cm³/mol. The van der Waals surface area contributed by atoms with Crippen LogP contribution in [0.25, 0.3) is 0 Å². The third-order valence-corrected chi connectivity index (χ3v) is 3.24. The summed E-state index contributed by atoms with van der Waals surface area (Å²) in [4.78, 5) is 4.89. The van der Waals surface area contributed by atoms with E-state index in [4.69, 9.17) is 4.74 Å². The Morgan fingerprint density at radius 1 is 1.27 bits per heavy atom. The highest BCUT2D eigenvalue weighted by Gasteiger charge is 2.17. The highest BCUT2D eigenvalue weighted by Crippen LogP contribution is 2.07. The number of morpholine rings is 1. The second kappa shape index (κ2) is 7.20. The zero-order valence-electron chi connectivity index (χ0n) is 10.2. The summed E-state index contributed by atoms with van der Waals surface area (Å²) < 4.78 is 5.34. The Hall–Kier alpha value is -0.120. The van der Waals surface area contributed by atoms with E-state index in [1.54, 1.807) is 0 Å². The molecular weight excluding hydrogens is 188 g/mol. The molecule has 1 heterocycles. The van der Waals surface area contributed by atoms with Crippen LogP contribution in [-0.4, -0.2) is 61.8 Å². The summed E-state index contributed by atoms with van der Waals surface area (Å²) in [7, 11) is 0. The normalized spacial score (nSPS) is 20.8. The molecule has 0 amide bonds. The topological polar surface area (TPSA) is 15.7 Å². The molecule has 1 saturated heterocycles. The predicted octanol–water partition coefficient (Wildman–Crippen LogP) is 1.25. The molecule has 0 aromatic carbocycles. The molecule has 3 nitrogen and oxygen atoms in total. The van der Waals surface area contributed by atoms with Crippen molar-refractivity contribution in [3.8, 4) is 0 Å². The number of hydrogen-bond acceptors (Lipinski definition) is 3. The lowest BCUT2D eigenvalue weighted by atomic mass is 10.2. The maximum atomic E-state index is 5.34. The van der Waals surface area contributed by atoms with Gasteiger partial charge in [0.15, 0.2) is 0 Å². The highest BCUT2D eigenvalue weighted by atomic mass is 16.5. The van der Waals surface area contributed by atoms with Crippen molar-refractivity contribution < 1.29 is 4.74 Å². The first kappa shape index (κ1) is 12.9. The molecule has 0 saturated carbocycles. The van der Waals surface area contributed by atoms with E-state index in [1.807, 2.05) is 0 Å². The number of hydrogen-bond donors (Lipinski definition) is 0. The van der Waals surface area contributed by atoms with E-state index in [-0.39, 0.29) is 0 Å². The molecule has 1 unspecified atom stereocenters. The molecule has 0 aromatic heterocycles. The number of ether oxygens (including phenoxy) is 1. The summed E-state index contributed by atoms with van der Waals surface area (Å²) in [6.45, 7) is 16.0. The van der Waals surface area contributed by atoms with Crippen molar-refractivity contribution in [1.82, 2.24) is 9.80 Å². The maximum Gasteiger partial charge on any atom is 0.0594 e. The minimum Gasteiger partial charge on any atom is -0.379 e. The minimum absolute atomic E-state index is 0.453. The molecule has 0 spiro atoms. The van der Waals surface area contributed by atoms with Crippen molar-refractivity contribution in [2.75, 3.05) is 45.9 Å². The third kappa shape index (κ3) is 4.49. The first-order chi connectivity index (χ1) is 7.27. The SMILES string of the molecule is [CH2]C(CCN(CC)CC)N1CCOCC1. The summed E-state index contributed by atoms with van der Waals surface area (Å²) in [5.41, 5.74) is 0. The molecule has 1 rings (SSSR count). The van der Waals surface area contributed by atoms with Crippen LogP contribution in [0.2, 0.25) is 0 Å². The van der Waals surface area contributed by atoms with Crippen LogP contribution in [0.4, 0.5) is 0 Å². The highest BCUT2D eigenvalue weighted by molar-refractivity contribution is 4.76. The van der Waals surface area contributed by atoms with E-state index in [9.17, 15) is 0 Å². The molecule has 1 fully saturated rings. The van der Waals surface area contributed by atoms with Crippen LogP contribution in [0.1, 0.15) is 20.3 Å². The van der Waals surface area contributed by atoms with Crippen molar-refractivity contribution in [3.05, 3.63) is 6.92 Å². The van der Waals surface area contributed by atoms with Gasteiger partial charge in [-0.2, -0.15) is 0 Å². The van der Waals surface area contributed by atoms with Crippen molar-refractivity contribution in [1.29, 1.82) is 0 Å². The van der Waals surface area contributed by atoms with Gasteiger partial charge < -0.3 is 9.64 Å². The molecule has 89 valence electrons. The standard InChI is InChI=1S/C12H25N2O/c1-4-13(5-2)7-6-12(3)14-8-10-15-11-9-14/h12H,3-11H2,1-2H3. The fraction of sp³-hybridized carbons (Fsp3) is 0.917. The van der Waals surface area contributed by atoms with Gasteiger partial charge in [0.25, 0.3) is 0 Å². The molecule has 1 atom stereocenters. The van der Waals surface area contributed by atoms with Crippen molar-refractivity contribution in [2.24, 2.45) is 0 Å². The quantitative estimate of drug-likeness (QED) is 0.660. The van der Waals surface area contributed by atoms with E-state index in [0.717, 1.165) is 39.4 Å². The maximum absolute atomic E-state index is 5.34. The van der Waals surface area contributed by atoms with Gasteiger partial charge in [0.05, 0.1) is 13.2 Å². The van der Waals surface area contributed by atoms with Gasteiger partial charge in [-0.3, -0.25) is 4.90 Å². The van der Waals surface area contributed by atoms with E-state index in [0.29, 0.717) is 6.04 Å². The zero-order chi connectivity index (χ0) is 11.1. The van der Waals surface area contributed by atoms with Gasteiger partial charge in [0.2, 0.25) is 0 Å².